The van der Waals surface area contributed by atoms with Crippen LogP contribution in [0.1, 0.15) is 12.0 Å². The number of carbonyl (C=O) groups excluding carboxylic acids is 1. The van der Waals surface area contributed by atoms with Crippen LogP contribution in [0, 0.1) is 0 Å². The predicted molar refractivity (Wildman–Crippen MR) is 60.9 cm³/mol. The molecule has 4 nitrogen and oxygen atoms in total. The van der Waals surface area contributed by atoms with Crippen LogP contribution in [0.4, 0.5) is 11.4 Å². The summed E-state index contributed by atoms with van der Waals surface area (Å²) in [6.07, 6.45) is 1.39. The molecule has 1 aromatic rings. The second-order valence-electron chi connectivity index (χ2n) is 3.77. The zero-order chi connectivity index (χ0) is 10.8. The zero-order valence-corrected chi connectivity index (χ0v) is 8.79. The number of aryl methyl sites for hydroxylation is 1. The van der Waals surface area contributed by atoms with Gasteiger partial charge < -0.3 is 16.0 Å². The summed E-state index contributed by atoms with van der Waals surface area (Å²) in [4.78, 5) is 13.1. The first-order valence-corrected chi connectivity index (χ1v) is 5.04. The predicted octanol–water partition coefficient (Wildman–Crippen LogP) is 0.924. The summed E-state index contributed by atoms with van der Waals surface area (Å²) in [6, 6.07) is 5.99. The molecule has 0 saturated carbocycles. The molecule has 0 radical (unpaired) electrons. The van der Waals surface area contributed by atoms with Crippen molar-refractivity contribution in [1.29, 1.82) is 0 Å². The number of fused-ring (bicyclic) bond motifs is 1. The van der Waals surface area contributed by atoms with E-state index in [-0.39, 0.29) is 5.91 Å². The number of nitrogens with two attached hydrogens (primary N) is 1. The minimum atomic E-state index is 0.0995. The van der Waals surface area contributed by atoms with Crippen molar-refractivity contribution >= 4 is 17.3 Å². The maximum absolute atomic E-state index is 11.2. The molecule has 0 unspecified atom stereocenters. The van der Waals surface area contributed by atoms with E-state index in [1.807, 2.05) is 24.1 Å². The molecule has 1 amide bonds. The summed E-state index contributed by atoms with van der Waals surface area (Å²) in [6.45, 7) is 0.491. The minimum Gasteiger partial charge on any atom is -0.362 e. The maximum atomic E-state index is 11.2. The largest absolute Gasteiger partial charge is 0.362 e. The van der Waals surface area contributed by atoms with Gasteiger partial charge in [-0.25, -0.2) is 0 Å². The molecule has 4 heteroatoms. The van der Waals surface area contributed by atoms with Crippen LogP contribution in [0.15, 0.2) is 18.2 Å². The molecule has 0 bridgehead atoms. The van der Waals surface area contributed by atoms with Crippen molar-refractivity contribution < 1.29 is 4.79 Å². The van der Waals surface area contributed by atoms with Crippen molar-refractivity contribution in [3.05, 3.63) is 23.8 Å². The fraction of sp³-hybridized carbons (Fsp3) is 0.364. The monoisotopic (exact) mass is 205 g/mol. The molecular weight excluding hydrogens is 190 g/mol. The van der Waals surface area contributed by atoms with Crippen molar-refractivity contribution in [3.8, 4) is 0 Å². The van der Waals surface area contributed by atoms with Gasteiger partial charge >= 0.3 is 0 Å². The second-order valence-corrected chi connectivity index (χ2v) is 3.77. The Labute approximate surface area is 89.1 Å². The van der Waals surface area contributed by atoms with E-state index in [4.69, 9.17) is 5.73 Å². The Morgan fingerprint density at radius 3 is 3.00 bits per heavy atom. The Morgan fingerprint density at radius 1 is 1.47 bits per heavy atom. The second kappa shape index (κ2) is 3.90. The van der Waals surface area contributed by atoms with Gasteiger partial charge in [0.25, 0.3) is 0 Å². The lowest BCUT2D eigenvalue weighted by Crippen LogP contribution is -2.25. The molecule has 0 atom stereocenters. The van der Waals surface area contributed by atoms with Crippen LogP contribution >= 0.6 is 0 Å². The summed E-state index contributed by atoms with van der Waals surface area (Å²) >= 11 is 0. The van der Waals surface area contributed by atoms with Crippen molar-refractivity contribution in [2.24, 2.45) is 5.73 Å². The highest BCUT2D eigenvalue weighted by Gasteiger charge is 2.15. The van der Waals surface area contributed by atoms with Crippen LogP contribution in [0.25, 0.3) is 0 Å². The fourth-order valence-electron chi connectivity index (χ4n) is 1.71. The van der Waals surface area contributed by atoms with Gasteiger partial charge in [-0.1, -0.05) is 0 Å². The molecule has 0 fully saturated rings. The molecule has 2 rings (SSSR count). The lowest BCUT2D eigenvalue weighted by molar-refractivity contribution is -0.116. The van der Waals surface area contributed by atoms with Gasteiger partial charge in [-0.3, -0.25) is 4.79 Å². The molecule has 15 heavy (non-hydrogen) atoms. The van der Waals surface area contributed by atoms with E-state index in [2.05, 4.69) is 11.4 Å². The Morgan fingerprint density at radius 2 is 2.27 bits per heavy atom. The summed E-state index contributed by atoms with van der Waals surface area (Å²) in [7, 11) is 1.95. The number of nitrogens with one attached hydrogen (secondary N) is 1. The Bertz CT molecular complexity index is 389. The summed E-state index contributed by atoms with van der Waals surface area (Å²) in [5.74, 6) is 0.0995. The third-order valence-corrected chi connectivity index (χ3v) is 2.70. The Hall–Kier alpha value is -1.55. The molecule has 1 aliphatic rings. The van der Waals surface area contributed by atoms with Gasteiger partial charge in [0.1, 0.15) is 0 Å². The fourth-order valence-corrected chi connectivity index (χ4v) is 1.71. The molecule has 0 aliphatic carbocycles. The third-order valence-electron chi connectivity index (χ3n) is 2.70. The van der Waals surface area contributed by atoms with Crippen LogP contribution in [0.3, 0.4) is 0 Å². The van der Waals surface area contributed by atoms with Gasteiger partial charge in [0, 0.05) is 24.8 Å². The number of amides is 1. The lowest BCUT2D eigenvalue weighted by atomic mass is 10.0. The van der Waals surface area contributed by atoms with Gasteiger partial charge in [-0.15, -0.1) is 0 Å². The molecule has 0 aromatic heterocycles. The first kappa shape index (κ1) is 9.98. The normalized spacial score (nSPS) is 14.4. The molecule has 0 spiro atoms. The van der Waals surface area contributed by atoms with Crippen LogP contribution in [0.2, 0.25) is 0 Å². The molecule has 0 saturated heterocycles. The molecular formula is C11H15N3O. The molecule has 1 aromatic carbocycles. The number of carbonyl (C=O) groups is 1. The van der Waals surface area contributed by atoms with Crippen molar-refractivity contribution in [2.45, 2.75) is 12.8 Å². The van der Waals surface area contributed by atoms with Gasteiger partial charge in [0.15, 0.2) is 0 Å². The SMILES string of the molecule is CN(CN)c1ccc2c(c1)CCC(=O)N2. The molecule has 3 N–H and O–H groups in total. The van der Waals surface area contributed by atoms with Gasteiger partial charge in [-0.05, 0) is 30.2 Å². The summed E-state index contributed by atoms with van der Waals surface area (Å²) < 4.78 is 0. The Balaban J connectivity index is 2.30. The highest BCUT2D eigenvalue weighted by molar-refractivity contribution is 5.94. The van der Waals surface area contributed by atoms with E-state index in [9.17, 15) is 4.79 Å². The zero-order valence-electron chi connectivity index (χ0n) is 8.79. The van der Waals surface area contributed by atoms with Crippen LogP contribution in [0.5, 0.6) is 0 Å². The van der Waals surface area contributed by atoms with E-state index in [1.54, 1.807) is 0 Å². The minimum absolute atomic E-state index is 0.0995. The first-order valence-electron chi connectivity index (χ1n) is 5.04. The first-order chi connectivity index (χ1) is 7.20. The lowest BCUT2D eigenvalue weighted by Gasteiger charge is -2.21. The molecule has 80 valence electrons. The van der Waals surface area contributed by atoms with E-state index in [0.717, 1.165) is 17.8 Å². The van der Waals surface area contributed by atoms with Gasteiger partial charge in [-0.2, -0.15) is 0 Å². The molecule has 1 heterocycles. The van der Waals surface area contributed by atoms with E-state index >= 15 is 0 Å². The van der Waals surface area contributed by atoms with Crippen LogP contribution in [-0.4, -0.2) is 19.6 Å². The number of anilines is 2. The number of hydrogen-bond acceptors (Lipinski definition) is 3. The van der Waals surface area contributed by atoms with Crippen LogP contribution < -0.4 is 16.0 Å². The van der Waals surface area contributed by atoms with Crippen molar-refractivity contribution in [1.82, 2.24) is 0 Å². The summed E-state index contributed by atoms with van der Waals surface area (Å²) in [5.41, 5.74) is 8.77. The van der Waals surface area contributed by atoms with Crippen molar-refractivity contribution in [2.75, 3.05) is 23.9 Å². The highest BCUT2D eigenvalue weighted by atomic mass is 16.1. The van der Waals surface area contributed by atoms with E-state index in [0.29, 0.717) is 13.1 Å². The van der Waals surface area contributed by atoms with Gasteiger partial charge in [0.2, 0.25) is 5.91 Å². The quantitative estimate of drug-likeness (QED) is 0.706. The smallest absolute Gasteiger partial charge is 0.224 e. The van der Waals surface area contributed by atoms with Gasteiger partial charge in [0.05, 0.1) is 6.67 Å². The number of nitrogens with zero attached hydrogens (tertiary/aromatic N) is 1. The average molecular weight is 205 g/mol. The number of hydrogen-bond donors (Lipinski definition) is 2. The third kappa shape index (κ3) is 1.94. The standard InChI is InChI=1S/C11H15N3O/c1-14(7-12)9-3-4-10-8(6-9)2-5-11(15)13-10/h3-4,6H,2,5,7,12H2,1H3,(H,13,15). The van der Waals surface area contributed by atoms with E-state index in [1.165, 1.54) is 5.56 Å². The van der Waals surface area contributed by atoms with Crippen molar-refractivity contribution in [3.63, 3.8) is 0 Å². The highest BCUT2D eigenvalue weighted by Crippen LogP contribution is 2.26. The average Bonchev–Trinajstić information content (AvgIpc) is 2.27. The number of rotatable bonds is 2. The topological polar surface area (TPSA) is 58.4 Å². The Kier molecular flexibility index (Phi) is 2.60. The maximum Gasteiger partial charge on any atom is 0.224 e. The van der Waals surface area contributed by atoms with Crippen LogP contribution in [-0.2, 0) is 11.2 Å². The number of benzene rings is 1. The molecule has 1 aliphatic heterocycles. The summed E-state index contributed by atoms with van der Waals surface area (Å²) in [5, 5.41) is 2.86. The van der Waals surface area contributed by atoms with E-state index < -0.39 is 0 Å².